The molecule has 0 spiro atoms. The molecule has 0 aliphatic carbocycles. The lowest BCUT2D eigenvalue weighted by Gasteiger charge is -2.37. The Morgan fingerprint density at radius 3 is 2.30 bits per heavy atom. The van der Waals surface area contributed by atoms with E-state index in [9.17, 15) is 4.79 Å². The lowest BCUT2D eigenvalue weighted by Crippen LogP contribution is -2.50. The van der Waals surface area contributed by atoms with Gasteiger partial charge in [-0.3, -0.25) is 4.90 Å². The molecule has 0 aromatic heterocycles. The number of nitrogens with one attached hydrogen (secondary N) is 1. The highest BCUT2D eigenvalue weighted by Gasteiger charge is 2.31. The van der Waals surface area contributed by atoms with Crippen molar-refractivity contribution in [1.29, 1.82) is 0 Å². The first-order chi connectivity index (χ1) is 10.8. The molecule has 0 radical (unpaired) electrons. The highest BCUT2D eigenvalue weighted by Crippen LogP contribution is 2.31. The maximum atomic E-state index is 12.5. The van der Waals surface area contributed by atoms with Crippen LogP contribution in [0.3, 0.4) is 0 Å². The smallest absolute Gasteiger partial charge is 0.410 e. The molecule has 128 valence electrons. The minimum absolute atomic E-state index is 0.123. The van der Waals surface area contributed by atoms with Gasteiger partial charge in [0.15, 0.2) is 0 Å². The topological polar surface area (TPSA) is 60.0 Å². The van der Waals surface area contributed by atoms with Crippen LogP contribution in [0, 0.1) is 0 Å². The molecule has 23 heavy (non-hydrogen) atoms. The number of carbonyl (C=O) groups excluding carboxylic acids is 1. The molecule has 1 aliphatic heterocycles. The van der Waals surface area contributed by atoms with E-state index in [0.29, 0.717) is 24.6 Å². The molecule has 6 nitrogen and oxygen atoms in total. The molecule has 1 aliphatic rings. The number of rotatable bonds is 3. The van der Waals surface area contributed by atoms with Gasteiger partial charge in [0.25, 0.3) is 0 Å². The summed E-state index contributed by atoms with van der Waals surface area (Å²) in [4.78, 5) is 14.3. The first-order valence-corrected chi connectivity index (χ1v) is 7.77. The van der Waals surface area contributed by atoms with Gasteiger partial charge in [-0.05, 0) is 38.5 Å². The summed E-state index contributed by atoms with van der Waals surface area (Å²) in [6, 6.07) is 5.55. The first-order valence-electron chi connectivity index (χ1n) is 7.77. The van der Waals surface area contributed by atoms with E-state index >= 15 is 0 Å². The van der Waals surface area contributed by atoms with Gasteiger partial charge in [0.1, 0.15) is 17.1 Å². The monoisotopic (exact) mass is 322 g/mol. The zero-order valence-electron chi connectivity index (χ0n) is 14.5. The average molecular weight is 322 g/mol. The Morgan fingerprint density at radius 1 is 1.17 bits per heavy atom. The van der Waals surface area contributed by atoms with Crippen molar-refractivity contribution < 1.29 is 19.0 Å². The van der Waals surface area contributed by atoms with Gasteiger partial charge < -0.3 is 19.5 Å². The molecule has 1 aromatic carbocycles. The summed E-state index contributed by atoms with van der Waals surface area (Å²) in [7, 11) is 3.23. The van der Waals surface area contributed by atoms with Gasteiger partial charge in [-0.15, -0.1) is 0 Å². The van der Waals surface area contributed by atoms with Crippen LogP contribution < -0.4 is 14.8 Å². The third-order valence-electron chi connectivity index (χ3n) is 3.63. The van der Waals surface area contributed by atoms with Gasteiger partial charge >= 0.3 is 6.09 Å². The van der Waals surface area contributed by atoms with E-state index in [-0.39, 0.29) is 12.1 Å². The third-order valence-corrected chi connectivity index (χ3v) is 3.63. The Hall–Kier alpha value is -1.95. The number of hydrogen-bond acceptors (Lipinski definition) is 5. The predicted octanol–water partition coefficient (Wildman–Crippen LogP) is 2.59. The lowest BCUT2D eigenvalue weighted by atomic mass is 10.0. The van der Waals surface area contributed by atoms with Crippen molar-refractivity contribution in [2.24, 2.45) is 0 Å². The fourth-order valence-electron chi connectivity index (χ4n) is 2.56. The SMILES string of the molecule is COc1cc(OC)cc(C2CNCCN2C(=O)OC(C)(C)C)c1. The van der Waals surface area contributed by atoms with Gasteiger partial charge in [0, 0.05) is 25.7 Å². The number of carbonyl (C=O) groups is 1. The number of ether oxygens (including phenoxy) is 3. The molecule has 1 atom stereocenters. The summed E-state index contributed by atoms with van der Waals surface area (Å²) in [5.41, 5.74) is 0.442. The second-order valence-corrected chi connectivity index (χ2v) is 6.54. The maximum Gasteiger partial charge on any atom is 0.410 e. The number of piperazine rings is 1. The molecular weight excluding hydrogens is 296 g/mol. The Balaban J connectivity index is 2.29. The summed E-state index contributed by atoms with van der Waals surface area (Å²) < 4.78 is 16.2. The van der Waals surface area contributed by atoms with Crippen LogP contribution in [0.25, 0.3) is 0 Å². The Morgan fingerprint density at radius 2 is 1.78 bits per heavy atom. The summed E-state index contributed by atoms with van der Waals surface area (Å²) in [5.74, 6) is 1.41. The average Bonchev–Trinajstić information content (AvgIpc) is 2.52. The van der Waals surface area contributed by atoms with Crippen molar-refractivity contribution in [3.05, 3.63) is 23.8 Å². The van der Waals surface area contributed by atoms with Crippen molar-refractivity contribution in [1.82, 2.24) is 10.2 Å². The van der Waals surface area contributed by atoms with Gasteiger partial charge in [-0.25, -0.2) is 4.79 Å². The molecular formula is C17H26N2O4. The molecule has 0 saturated carbocycles. The van der Waals surface area contributed by atoms with Crippen LogP contribution in [0.4, 0.5) is 4.79 Å². The van der Waals surface area contributed by atoms with Crippen LogP contribution in [0.1, 0.15) is 32.4 Å². The highest BCUT2D eigenvalue weighted by molar-refractivity contribution is 5.69. The van der Waals surface area contributed by atoms with Crippen LogP contribution in [0.2, 0.25) is 0 Å². The highest BCUT2D eigenvalue weighted by atomic mass is 16.6. The Labute approximate surface area is 137 Å². The Kier molecular flexibility index (Phi) is 5.36. The van der Waals surface area contributed by atoms with E-state index in [1.54, 1.807) is 19.1 Å². The fourth-order valence-corrected chi connectivity index (χ4v) is 2.56. The maximum absolute atomic E-state index is 12.5. The van der Waals surface area contributed by atoms with Crippen molar-refractivity contribution in [2.75, 3.05) is 33.9 Å². The molecule has 1 saturated heterocycles. The Bertz CT molecular complexity index is 532. The lowest BCUT2D eigenvalue weighted by molar-refractivity contribution is 0.0117. The van der Waals surface area contributed by atoms with Crippen LogP contribution in [0.15, 0.2) is 18.2 Å². The van der Waals surface area contributed by atoms with E-state index in [4.69, 9.17) is 14.2 Å². The van der Waals surface area contributed by atoms with E-state index in [2.05, 4.69) is 5.32 Å². The molecule has 1 fully saturated rings. The molecule has 1 aromatic rings. The van der Waals surface area contributed by atoms with Crippen LogP contribution >= 0.6 is 0 Å². The quantitative estimate of drug-likeness (QED) is 0.927. The molecule has 1 amide bonds. The summed E-state index contributed by atoms with van der Waals surface area (Å²) in [6.07, 6.45) is -0.300. The largest absolute Gasteiger partial charge is 0.497 e. The summed E-state index contributed by atoms with van der Waals surface area (Å²) in [6.45, 7) is 7.62. The molecule has 0 bridgehead atoms. The molecule has 1 unspecified atom stereocenters. The number of benzene rings is 1. The normalized spacial score (nSPS) is 18.5. The van der Waals surface area contributed by atoms with Crippen molar-refractivity contribution in [3.8, 4) is 11.5 Å². The predicted molar refractivity (Wildman–Crippen MR) is 88.1 cm³/mol. The fraction of sp³-hybridized carbons (Fsp3) is 0.588. The minimum Gasteiger partial charge on any atom is -0.497 e. The minimum atomic E-state index is -0.515. The zero-order valence-corrected chi connectivity index (χ0v) is 14.5. The van der Waals surface area contributed by atoms with Crippen LogP contribution in [-0.4, -0.2) is 50.4 Å². The van der Waals surface area contributed by atoms with E-state index in [1.807, 2.05) is 39.0 Å². The number of amides is 1. The van der Waals surface area contributed by atoms with Crippen molar-refractivity contribution in [2.45, 2.75) is 32.4 Å². The summed E-state index contributed by atoms with van der Waals surface area (Å²) in [5, 5.41) is 3.32. The number of hydrogen-bond donors (Lipinski definition) is 1. The van der Waals surface area contributed by atoms with Gasteiger partial charge in [-0.1, -0.05) is 0 Å². The number of nitrogens with zero attached hydrogens (tertiary/aromatic N) is 1. The molecule has 2 rings (SSSR count). The third kappa shape index (κ3) is 4.51. The zero-order chi connectivity index (χ0) is 17.0. The second-order valence-electron chi connectivity index (χ2n) is 6.54. The van der Waals surface area contributed by atoms with E-state index < -0.39 is 5.60 Å². The van der Waals surface area contributed by atoms with Crippen LogP contribution in [-0.2, 0) is 4.74 Å². The first kappa shape index (κ1) is 17.4. The molecule has 1 heterocycles. The summed E-state index contributed by atoms with van der Waals surface area (Å²) >= 11 is 0. The molecule has 6 heteroatoms. The van der Waals surface area contributed by atoms with Crippen molar-refractivity contribution in [3.63, 3.8) is 0 Å². The van der Waals surface area contributed by atoms with Gasteiger partial charge in [-0.2, -0.15) is 0 Å². The van der Waals surface area contributed by atoms with Crippen LogP contribution in [0.5, 0.6) is 11.5 Å². The van der Waals surface area contributed by atoms with Gasteiger partial charge in [0.05, 0.1) is 20.3 Å². The second kappa shape index (κ2) is 7.08. The van der Waals surface area contributed by atoms with E-state index in [1.165, 1.54) is 0 Å². The van der Waals surface area contributed by atoms with Crippen molar-refractivity contribution >= 4 is 6.09 Å². The number of methoxy groups -OCH3 is 2. The standard InChI is InChI=1S/C17H26N2O4/c1-17(2,3)23-16(20)19-7-6-18-11-15(19)12-8-13(21-4)10-14(9-12)22-5/h8-10,15,18H,6-7,11H2,1-5H3. The van der Waals surface area contributed by atoms with Gasteiger partial charge in [0.2, 0.25) is 0 Å². The molecule has 1 N–H and O–H groups in total. The van der Waals surface area contributed by atoms with E-state index in [0.717, 1.165) is 12.1 Å².